The molecule has 0 nitrogen and oxygen atoms in total. The molecular weight excluding hydrogens is 504 g/mol. The molecular formula is C42H30. The van der Waals surface area contributed by atoms with E-state index in [4.69, 9.17) is 0 Å². The van der Waals surface area contributed by atoms with Gasteiger partial charge in [0.05, 0.1) is 5.41 Å². The molecule has 0 heteroatoms. The van der Waals surface area contributed by atoms with E-state index < -0.39 is 0 Å². The molecule has 0 atom stereocenters. The van der Waals surface area contributed by atoms with Crippen LogP contribution in [-0.2, 0) is 5.41 Å². The van der Waals surface area contributed by atoms with Crippen molar-refractivity contribution >= 4 is 5.57 Å². The Balaban J connectivity index is 1.42. The molecule has 0 saturated heterocycles. The molecule has 2 aliphatic carbocycles. The molecule has 0 aliphatic heterocycles. The van der Waals surface area contributed by atoms with Crippen LogP contribution in [0.15, 0.2) is 158 Å². The molecule has 6 aromatic carbocycles. The van der Waals surface area contributed by atoms with Gasteiger partial charge in [-0.3, -0.25) is 0 Å². The minimum absolute atomic E-state index is 0.339. The van der Waals surface area contributed by atoms with Crippen LogP contribution >= 0.6 is 0 Å². The van der Waals surface area contributed by atoms with Crippen LogP contribution in [0.5, 0.6) is 0 Å². The fraction of sp³-hybridized carbons (Fsp3) is 0.0476. The smallest absolute Gasteiger partial charge is 0.0725 e. The van der Waals surface area contributed by atoms with Crippen LogP contribution in [0.2, 0.25) is 0 Å². The van der Waals surface area contributed by atoms with Crippen molar-refractivity contribution in [2.45, 2.75) is 12.3 Å². The average molecular weight is 535 g/mol. The molecule has 0 saturated carbocycles. The lowest BCUT2D eigenvalue weighted by Crippen LogP contribution is -2.25. The third kappa shape index (κ3) is 3.36. The fourth-order valence-corrected chi connectivity index (χ4v) is 7.42. The minimum Gasteiger partial charge on any atom is -0.0985 e. The van der Waals surface area contributed by atoms with E-state index in [1.165, 1.54) is 72.3 Å². The lowest BCUT2D eigenvalue weighted by Gasteiger charge is -2.30. The molecule has 0 heterocycles. The van der Waals surface area contributed by atoms with E-state index in [1.54, 1.807) is 0 Å². The van der Waals surface area contributed by atoms with Crippen molar-refractivity contribution in [3.05, 3.63) is 186 Å². The van der Waals surface area contributed by atoms with E-state index in [0.717, 1.165) is 5.57 Å². The quantitative estimate of drug-likeness (QED) is 0.197. The Hall–Kier alpha value is -5.20. The monoisotopic (exact) mass is 534 g/mol. The zero-order chi connectivity index (χ0) is 28.3. The second kappa shape index (κ2) is 9.43. The number of benzene rings is 6. The van der Waals surface area contributed by atoms with Gasteiger partial charge < -0.3 is 0 Å². The highest BCUT2D eigenvalue weighted by Gasteiger charge is 2.51. The highest BCUT2D eigenvalue weighted by Crippen LogP contribution is 2.63. The maximum atomic E-state index is 4.03. The minimum atomic E-state index is -0.339. The maximum Gasteiger partial charge on any atom is 0.0725 e. The van der Waals surface area contributed by atoms with Crippen LogP contribution < -0.4 is 0 Å². The topological polar surface area (TPSA) is 0 Å². The zero-order valence-corrected chi connectivity index (χ0v) is 23.6. The predicted octanol–water partition coefficient (Wildman–Crippen LogP) is 11.0. The zero-order valence-electron chi connectivity index (χ0n) is 23.6. The molecule has 0 radical (unpaired) electrons. The van der Waals surface area contributed by atoms with Gasteiger partial charge in [-0.15, -0.1) is 0 Å². The van der Waals surface area contributed by atoms with E-state index in [2.05, 4.69) is 159 Å². The highest BCUT2D eigenvalue weighted by atomic mass is 14.5. The van der Waals surface area contributed by atoms with Crippen LogP contribution in [0.3, 0.4) is 0 Å². The number of rotatable bonds is 4. The summed E-state index contributed by atoms with van der Waals surface area (Å²) in [6.45, 7) is 6.09. The first-order valence-corrected chi connectivity index (χ1v) is 14.7. The lowest BCUT2D eigenvalue weighted by molar-refractivity contribution is 0.794. The maximum absolute atomic E-state index is 4.03. The Kier molecular flexibility index (Phi) is 5.52. The van der Waals surface area contributed by atoms with Gasteiger partial charge in [0, 0.05) is 0 Å². The van der Waals surface area contributed by atoms with Gasteiger partial charge in [0.2, 0.25) is 0 Å². The summed E-state index contributed by atoms with van der Waals surface area (Å²) in [5.41, 5.74) is 17.7. The summed E-state index contributed by atoms with van der Waals surface area (Å²) < 4.78 is 0. The van der Waals surface area contributed by atoms with Crippen molar-refractivity contribution in [2.24, 2.45) is 0 Å². The van der Waals surface area contributed by atoms with Gasteiger partial charge in [0.1, 0.15) is 0 Å². The largest absolute Gasteiger partial charge is 0.0985 e. The molecule has 1 spiro atoms. The van der Waals surface area contributed by atoms with Crippen molar-refractivity contribution in [2.75, 3.05) is 0 Å². The van der Waals surface area contributed by atoms with Gasteiger partial charge in [0.15, 0.2) is 0 Å². The molecule has 8 rings (SSSR count). The number of hydrogen-bond donors (Lipinski definition) is 0. The van der Waals surface area contributed by atoms with E-state index >= 15 is 0 Å². The first kappa shape index (κ1) is 24.6. The third-order valence-corrected chi connectivity index (χ3v) is 9.26. The Bertz CT molecular complexity index is 2010. The molecule has 0 amide bonds. The van der Waals surface area contributed by atoms with Crippen molar-refractivity contribution in [3.63, 3.8) is 0 Å². The Morgan fingerprint density at radius 3 is 1.57 bits per heavy atom. The van der Waals surface area contributed by atoms with E-state index in [9.17, 15) is 0 Å². The summed E-state index contributed by atoms with van der Waals surface area (Å²) in [6.07, 6.45) is 4.05. The summed E-state index contributed by atoms with van der Waals surface area (Å²) in [5.74, 6) is 0. The Labute approximate surface area is 248 Å². The molecule has 0 N–H and O–H groups in total. The normalized spacial score (nSPS) is 13.8. The predicted molar refractivity (Wildman–Crippen MR) is 177 cm³/mol. The van der Waals surface area contributed by atoms with Gasteiger partial charge in [0.25, 0.3) is 0 Å². The van der Waals surface area contributed by atoms with Crippen LogP contribution in [0.25, 0.3) is 50.1 Å². The summed E-state index contributed by atoms with van der Waals surface area (Å²) in [4.78, 5) is 0. The molecule has 198 valence electrons. The van der Waals surface area contributed by atoms with Gasteiger partial charge in [-0.1, -0.05) is 140 Å². The highest BCUT2D eigenvalue weighted by molar-refractivity contribution is 5.97. The fourth-order valence-electron chi connectivity index (χ4n) is 7.42. The summed E-state index contributed by atoms with van der Waals surface area (Å²) in [7, 11) is 0. The molecule has 0 bridgehead atoms. The van der Waals surface area contributed by atoms with E-state index in [-0.39, 0.29) is 5.41 Å². The van der Waals surface area contributed by atoms with E-state index in [1.807, 2.05) is 6.08 Å². The standard InChI is InChI=1S/C42H30/c1-3-28(4-2)30-15-12-16-31(25-30)33-22-24-41-37(27-33)36-26-32(29-13-6-5-7-14-29)21-23-40(36)42(41)38-19-10-8-17-34(38)35-18-9-11-20-39(35)42/h3-27H,1H2,2H3/b28-4+. The molecule has 6 aromatic rings. The Morgan fingerprint density at radius 1 is 0.476 bits per heavy atom. The average Bonchev–Trinajstić information content (AvgIpc) is 3.52. The van der Waals surface area contributed by atoms with Crippen molar-refractivity contribution in [3.8, 4) is 44.5 Å². The summed E-state index contributed by atoms with van der Waals surface area (Å²) in [6, 6.07) is 51.8. The lowest BCUT2D eigenvalue weighted by atomic mass is 9.70. The van der Waals surface area contributed by atoms with Gasteiger partial charge in [-0.05, 0) is 103 Å². The van der Waals surface area contributed by atoms with Crippen LogP contribution in [0, 0.1) is 0 Å². The molecule has 2 aliphatic rings. The van der Waals surface area contributed by atoms with Gasteiger partial charge in [-0.25, -0.2) is 0 Å². The SMILES string of the molecule is C=C/C(=C\C)c1cccc(-c2ccc3c(c2)-c2cc(-c4ccccc4)ccc2C32c3ccccc3-c3ccccc32)c1. The van der Waals surface area contributed by atoms with Crippen LogP contribution in [-0.4, -0.2) is 0 Å². The molecule has 0 aromatic heterocycles. The summed E-state index contributed by atoms with van der Waals surface area (Å²) >= 11 is 0. The van der Waals surface area contributed by atoms with Crippen LogP contribution in [0.4, 0.5) is 0 Å². The second-order valence-electron chi connectivity index (χ2n) is 11.3. The molecule has 42 heavy (non-hydrogen) atoms. The van der Waals surface area contributed by atoms with Crippen molar-refractivity contribution < 1.29 is 0 Å². The first-order valence-electron chi connectivity index (χ1n) is 14.7. The molecule has 0 fully saturated rings. The second-order valence-corrected chi connectivity index (χ2v) is 11.3. The first-order chi connectivity index (χ1) is 20.7. The van der Waals surface area contributed by atoms with Crippen molar-refractivity contribution in [1.29, 1.82) is 0 Å². The Morgan fingerprint density at radius 2 is 0.976 bits per heavy atom. The van der Waals surface area contributed by atoms with Crippen molar-refractivity contribution in [1.82, 2.24) is 0 Å². The van der Waals surface area contributed by atoms with Crippen LogP contribution in [0.1, 0.15) is 34.7 Å². The number of fused-ring (bicyclic) bond motifs is 10. The number of allylic oxidation sites excluding steroid dienone is 3. The molecule has 0 unspecified atom stereocenters. The summed E-state index contributed by atoms with van der Waals surface area (Å²) in [5, 5.41) is 0. The number of hydrogen-bond acceptors (Lipinski definition) is 0. The third-order valence-electron chi connectivity index (χ3n) is 9.26. The van der Waals surface area contributed by atoms with Gasteiger partial charge >= 0.3 is 0 Å². The van der Waals surface area contributed by atoms with Gasteiger partial charge in [-0.2, -0.15) is 0 Å². The van der Waals surface area contributed by atoms with E-state index in [0.29, 0.717) is 0 Å².